The van der Waals surface area contributed by atoms with E-state index in [1.54, 1.807) is 0 Å². The van der Waals surface area contributed by atoms with Crippen LogP contribution in [0, 0.1) is 5.92 Å². The van der Waals surface area contributed by atoms with E-state index in [0.717, 1.165) is 5.92 Å². The third kappa shape index (κ3) is 4.48. The molecule has 1 heterocycles. The monoisotopic (exact) mass is 321 g/mol. The minimum Gasteiger partial charge on any atom is -0.292 e. The summed E-state index contributed by atoms with van der Waals surface area (Å²) in [4.78, 5) is 2.72. The maximum atomic E-state index is 2.72. The Kier molecular flexibility index (Phi) is 6.48. The number of likely N-dealkylation sites (tertiary alicyclic amines) is 1. The van der Waals surface area contributed by atoms with Crippen LogP contribution in [0.5, 0.6) is 0 Å². The normalized spacial score (nSPS) is 19.3. The molecule has 3 rings (SSSR count). The Balaban J connectivity index is 1.79. The number of unbranched alkanes of at least 4 members (excludes halogenated alkanes) is 1. The third-order valence-corrected chi connectivity index (χ3v) is 5.44. The zero-order valence-corrected chi connectivity index (χ0v) is 15.0. The average Bonchev–Trinajstić information content (AvgIpc) is 2.88. The van der Waals surface area contributed by atoms with Gasteiger partial charge in [0.15, 0.2) is 0 Å². The zero-order chi connectivity index (χ0) is 16.6. The summed E-state index contributed by atoms with van der Waals surface area (Å²) in [6.07, 6.45) is 8.25. The third-order valence-electron chi connectivity index (χ3n) is 5.44. The predicted molar refractivity (Wildman–Crippen MR) is 103 cm³/mol. The van der Waals surface area contributed by atoms with Gasteiger partial charge in [-0.1, -0.05) is 86.8 Å². The summed E-state index contributed by atoms with van der Waals surface area (Å²) >= 11 is 0. The van der Waals surface area contributed by atoms with Crippen molar-refractivity contribution in [3.63, 3.8) is 0 Å². The SMILES string of the molecule is CCCCC1CCCN(C(c2ccccc2)c2ccccc2)CC1. The van der Waals surface area contributed by atoms with Crippen molar-refractivity contribution in [3.05, 3.63) is 71.8 Å². The lowest BCUT2D eigenvalue weighted by Gasteiger charge is -2.31. The Morgan fingerprint density at radius 1 is 0.875 bits per heavy atom. The summed E-state index contributed by atoms with van der Waals surface area (Å²) in [6, 6.07) is 22.5. The molecular weight excluding hydrogens is 290 g/mol. The van der Waals surface area contributed by atoms with Crippen molar-refractivity contribution in [2.75, 3.05) is 13.1 Å². The molecule has 0 spiro atoms. The summed E-state index contributed by atoms with van der Waals surface area (Å²) < 4.78 is 0. The van der Waals surface area contributed by atoms with Crippen LogP contribution >= 0.6 is 0 Å². The van der Waals surface area contributed by atoms with Crippen LogP contribution in [-0.4, -0.2) is 18.0 Å². The molecule has 2 aromatic carbocycles. The Bertz CT molecular complexity index is 538. The molecule has 1 aliphatic rings. The Hall–Kier alpha value is -1.60. The molecule has 2 aromatic rings. The number of hydrogen-bond acceptors (Lipinski definition) is 1. The first-order valence-corrected chi connectivity index (χ1v) is 9.72. The Labute approximate surface area is 147 Å². The quantitative estimate of drug-likeness (QED) is 0.624. The summed E-state index contributed by atoms with van der Waals surface area (Å²) in [6.45, 7) is 4.75. The molecule has 128 valence electrons. The fraction of sp³-hybridized carbons (Fsp3) is 0.478. The highest BCUT2D eigenvalue weighted by molar-refractivity contribution is 5.31. The first-order chi connectivity index (χ1) is 11.9. The number of hydrogen-bond donors (Lipinski definition) is 0. The summed E-state index contributed by atoms with van der Waals surface area (Å²) in [5.74, 6) is 0.933. The Morgan fingerprint density at radius 2 is 1.50 bits per heavy atom. The molecule has 0 radical (unpaired) electrons. The molecule has 1 heteroatoms. The van der Waals surface area contributed by atoms with E-state index < -0.39 is 0 Å². The molecule has 1 fully saturated rings. The molecule has 1 atom stereocenters. The van der Waals surface area contributed by atoms with E-state index in [4.69, 9.17) is 0 Å². The van der Waals surface area contributed by atoms with Gasteiger partial charge in [0.1, 0.15) is 0 Å². The van der Waals surface area contributed by atoms with Gasteiger partial charge in [0.2, 0.25) is 0 Å². The van der Waals surface area contributed by atoms with E-state index in [-0.39, 0.29) is 0 Å². The van der Waals surface area contributed by atoms with Gasteiger partial charge in [-0.05, 0) is 49.4 Å². The highest BCUT2D eigenvalue weighted by Gasteiger charge is 2.25. The molecule has 1 unspecified atom stereocenters. The van der Waals surface area contributed by atoms with Crippen molar-refractivity contribution in [2.45, 2.75) is 51.5 Å². The second-order valence-corrected chi connectivity index (χ2v) is 7.20. The van der Waals surface area contributed by atoms with Crippen LogP contribution in [0.4, 0.5) is 0 Å². The highest BCUT2D eigenvalue weighted by Crippen LogP contribution is 2.32. The van der Waals surface area contributed by atoms with Crippen molar-refractivity contribution < 1.29 is 0 Å². The minimum atomic E-state index is 0.400. The van der Waals surface area contributed by atoms with Crippen molar-refractivity contribution in [3.8, 4) is 0 Å². The molecule has 0 N–H and O–H groups in total. The van der Waals surface area contributed by atoms with Gasteiger partial charge < -0.3 is 0 Å². The van der Waals surface area contributed by atoms with Gasteiger partial charge in [0.05, 0.1) is 6.04 Å². The zero-order valence-electron chi connectivity index (χ0n) is 15.0. The summed E-state index contributed by atoms with van der Waals surface area (Å²) in [7, 11) is 0. The first-order valence-electron chi connectivity index (χ1n) is 9.72. The van der Waals surface area contributed by atoms with E-state index in [9.17, 15) is 0 Å². The maximum absolute atomic E-state index is 2.72. The second-order valence-electron chi connectivity index (χ2n) is 7.20. The van der Waals surface area contributed by atoms with Gasteiger partial charge in [-0.2, -0.15) is 0 Å². The van der Waals surface area contributed by atoms with Crippen molar-refractivity contribution in [1.29, 1.82) is 0 Å². The van der Waals surface area contributed by atoms with E-state index in [0.29, 0.717) is 6.04 Å². The van der Waals surface area contributed by atoms with Gasteiger partial charge in [0, 0.05) is 0 Å². The van der Waals surface area contributed by atoms with Crippen molar-refractivity contribution in [1.82, 2.24) is 4.90 Å². The molecule has 24 heavy (non-hydrogen) atoms. The largest absolute Gasteiger partial charge is 0.292 e. The molecule has 1 aliphatic heterocycles. The van der Waals surface area contributed by atoms with E-state index >= 15 is 0 Å². The van der Waals surface area contributed by atoms with Crippen LogP contribution in [0.2, 0.25) is 0 Å². The molecule has 1 saturated heterocycles. The molecule has 0 aromatic heterocycles. The van der Waals surface area contributed by atoms with E-state index in [2.05, 4.69) is 72.5 Å². The van der Waals surface area contributed by atoms with Crippen molar-refractivity contribution in [2.24, 2.45) is 5.92 Å². The maximum Gasteiger partial charge on any atom is 0.0601 e. The van der Waals surface area contributed by atoms with E-state index in [1.807, 2.05) is 0 Å². The second kappa shape index (κ2) is 9.03. The van der Waals surface area contributed by atoms with Crippen LogP contribution < -0.4 is 0 Å². The van der Waals surface area contributed by atoms with Crippen LogP contribution in [0.15, 0.2) is 60.7 Å². The standard InChI is InChI=1S/C23H31N/c1-2-3-11-20-12-10-18-24(19-17-20)23(21-13-6-4-7-14-21)22-15-8-5-9-16-22/h4-9,13-16,20,23H,2-3,10-12,17-19H2,1H3. The average molecular weight is 322 g/mol. The molecule has 0 bridgehead atoms. The predicted octanol–water partition coefficient (Wildman–Crippen LogP) is 6.07. The lowest BCUT2D eigenvalue weighted by Crippen LogP contribution is -2.30. The van der Waals surface area contributed by atoms with Gasteiger partial charge >= 0.3 is 0 Å². The first kappa shape index (κ1) is 17.2. The molecular formula is C23H31N. The topological polar surface area (TPSA) is 3.24 Å². The summed E-state index contributed by atoms with van der Waals surface area (Å²) in [5.41, 5.74) is 2.85. The van der Waals surface area contributed by atoms with Gasteiger partial charge in [0.25, 0.3) is 0 Å². The summed E-state index contributed by atoms with van der Waals surface area (Å²) in [5, 5.41) is 0. The smallest absolute Gasteiger partial charge is 0.0601 e. The van der Waals surface area contributed by atoms with Crippen LogP contribution in [-0.2, 0) is 0 Å². The number of benzene rings is 2. The Morgan fingerprint density at radius 3 is 2.08 bits per heavy atom. The lowest BCUT2D eigenvalue weighted by atomic mass is 9.94. The van der Waals surface area contributed by atoms with Crippen LogP contribution in [0.25, 0.3) is 0 Å². The number of rotatable bonds is 6. The van der Waals surface area contributed by atoms with E-state index in [1.165, 1.54) is 62.7 Å². The molecule has 1 nitrogen and oxygen atoms in total. The van der Waals surface area contributed by atoms with Crippen LogP contribution in [0.1, 0.15) is 62.6 Å². The van der Waals surface area contributed by atoms with Crippen LogP contribution in [0.3, 0.4) is 0 Å². The van der Waals surface area contributed by atoms with Gasteiger partial charge in [-0.15, -0.1) is 0 Å². The van der Waals surface area contributed by atoms with Gasteiger partial charge in [-0.3, -0.25) is 4.90 Å². The lowest BCUT2D eigenvalue weighted by molar-refractivity contribution is 0.230. The fourth-order valence-electron chi connectivity index (χ4n) is 4.11. The highest BCUT2D eigenvalue weighted by atomic mass is 15.2. The molecule has 0 saturated carbocycles. The molecule has 0 aliphatic carbocycles. The fourth-order valence-corrected chi connectivity index (χ4v) is 4.11. The molecule has 0 amide bonds. The van der Waals surface area contributed by atoms with Crippen molar-refractivity contribution >= 4 is 0 Å². The van der Waals surface area contributed by atoms with Gasteiger partial charge in [-0.25, -0.2) is 0 Å². The minimum absolute atomic E-state index is 0.400. The number of nitrogens with zero attached hydrogens (tertiary/aromatic N) is 1.